The Bertz CT molecular complexity index is 970. The monoisotopic (exact) mass is 465 g/mol. The lowest BCUT2D eigenvalue weighted by Gasteiger charge is -2.36. The van der Waals surface area contributed by atoms with Gasteiger partial charge in [0.2, 0.25) is 0 Å². The van der Waals surface area contributed by atoms with Crippen molar-refractivity contribution in [2.75, 3.05) is 31.1 Å². The lowest BCUT2D eigenvalue weighted by molar-refractivity contribution is -0.138. The van der Waals surface area contributed by atoms with E-state index < -0.39 is 6.10 Å². The number of hydrogen-bond acceptors (Lipinski definition) is 4. The Morgan fingerprint density at radius 3 is 2.23 bits per heavy atom. The molecule has 3 aromatic rings. The number of ether oxygens (including phenoxy) is 1. The van der Waals surface area contributed by atoms with Crippen molar-refractivity contribution in [1.29, 1.82) is 0 Å². The number of piperazine rings is 1. The summed E-state index contributed by atoms with van der Waals surface area (Å²) in [4.78, 5) is 21.4. The number of pyridine rings is 1. The first-order valence-corrected chi connectivity index (χ1v) is 10.9. The zero-order valence-corrected chi connectivity index (χ0v) is 18.5. The molecule has 30 heavy (non-hydrogen) atoms. The molecule has 1 amide bonds. The summed E-state index contributed by atoms with van der Waals surface area (Å²) in [6.07, 6.45) is 1.27. The number of carbonyl (C=O) groups excluding carboxylic acids is 1. The van der Waals surface area contributed by atoms with Crippen molar-refractivity contribution in [2.45, 2.75) is 13.0 Å². The number of aromatic nitrogens is 1. The summed E-state index contributed by atoms with van der Waals surface area (Å²) in [5.41, 5.74) is 2.28. The van der Waals surface area contributed by atoms with Crippen molar-refractivity contribution in [2.24, 2.45) is 0 Å². The standard InChI is InChI=1S/C24H24BrN3O2/c1-18(30-22-10-7-20(8-11-22)19-5-3-2-4-6-19)24(29)28-15-13-27(14-16-28)23-12-9-21(25)17-26-23/h2-12,17-18H,13-16H2,1H3. The van der Waals surface area contributed by atoms with Gasteiger partial charge in [0.1, 0.15) is 11.6 Å². The van der Waals surface area contributed by atoms with Gasteiger partial charge in [-0.2, -0.15) is 0 Å². The normalized spacial score (nSPS) is 15.0. The molecule has 5 nitrogen and oxygen atoms in total. The van der Waals surface area contributed by atoms with Crippen LogP contribution in [0.3, 0.4) is 0 Å². The maximum atomic E-state index is 12.8. The maximum Gasteiger partial charge on any atom is 0.263 e. The van der Waals surface area contributed by atoms with Gasteiger partial charge in [-0.3, -0.25) is 4.79 Å². The molecule has 1 aromatic heterocycles. The van der Waals surface area contributed by atoms with E-state index in [1.54, 1.807) is 6.20 Å². The van der Waals surface area contributed by atoms with Crippen LogP contribution in [0.25, 0.3) is 11.1 Å². The maximum absolute atomic E-state index is 12.8. The third-order valence-electron chi connectivity index (χ3n) is 5.25. The van der Waals surface area contributed by atoms with E-state index in [9.17, 15) is 4.79 Å². The molecule has 1 saturated heterocycles. The number of carbonyl (C=O) groups is 1. The number of benzene rings is 2. The number of halogens is 1. The van der Waals surface area contributed by atoms with Gasteiger partial charge in [0.25, 0.3) is 5.91 Å². The van der Waals surface area contributed by atoms with Gasteiger partial charge < -0.3 is 14.5 Å². The van der Waals surface area contributed by atoms with Crippen LogP contribution in [-0.4, -0.2) is 48.1 Å². The van der Waals surface area contributed by atoms with Crippen molar-refractivity contribution in [3.63, 3.8) is 0 Å². The highest BCUT2D eigenvalue weighted by Gasteiger charge is 2.26. The highest BCUT2D eigenvalue weighted by atomic mass is 79.9. The fourth-order valence-corrected chi connectivity index (χ4v) is 3.81. The van der Waals surface area contributed by atoms with Crippen LogP contribution in [0.4, 0.5) is 5.82 Å². The SMILES string of the molecule is CC(Oc1ccc(-c2ccccc2)cc1)C(=O)N1CCN(c2ccc(Br)cn2)CC1. The van der Waals surface area contributed by atoms with Gasteiger partial charge in [0, 0.05) is 36.8 Å². The molecule has 1 atom stereocenters. The molecule has 2 aromatic carbocycles. The third-order valence-corrected chi connectivity index (χ3v) is 5.72. The number of nitrogens with zero attached hydrogens (tertiary/aromatic N) is 3. The first-order valence-electron chi connectivity index (χ1n) is 10.1. The zero-order valence-electron chi connectivity index (χ0n) is 16.9. The largest absolute Gasteiger partial charge is 0.481 e. The first kappa shape index (κ1) is 20.4. The minimum atomic E-state index is -0.523. The van der Waals surface area contributed by atoms with E-state index >= 15 is 0 Å². The average Bonchev–Trinajstić information content (AvgIpc) is 2.80. The van der Waals surface area contributed by atoms with E-state index in [0.717, 1.165) is 34.5 Å². The Hall–Kier alpha value is -2.86. The van der Waals surface area contributed by atoms with E-state index in [1.807, 2.05) is 66.4 Å². The van der Waals surface area contributed by atoms with Crippen molar-refractivity contribution >= 4 is 27.7 Å². The zero-order chi connectivity index (χ0) is 20.9. The second kappa shape index (κ2) is 9.30. The molecule has 2 heterocycles. The van der Waals surface area contributed by atoms with Gasteiger partial charge in [0.15, 0.2) is 6.10 Å². The molecular formula is C24H24BrN3O2. The predicted molar refractivity (Wildman–Crippen MR) is 123 cm³/mol. The molecule has 0 aliphatic carbocycles. The number of rotatable bonds is 5. The second-order valence-corrected chi connectivity index (χ2v) is 8.21. The van der Waals surface area contributed by atoms with Gasteiger partial charge in [0.05, 0.1) is 0 Å². The highest BCUT2D eigenvalue weighted by molar-refractivity contribution is 9.10. The lowest BCUT2D eigenvalue weighted by Crippen LogP contribution is -2.52. The Kier molecular flexibility index (Phi) is 6.33. The summed E-state index contributed by atoms with van der Waals surface area (Å²) in [5.74, 6) is 1.66. The molecule has 0 radical (unpaired) electrons. The Labute approximate surface area is 185 Å². The fourth-order valence-electron chi connectivity index (χ4n) is 3.58. The molecule has 0 N–H and O–H groups in total. The van der Waals surface area contributed by atoms with Gasteiger partial charge in [-0.25, -0.2) is 4.98 Å². The molecule has 1 aliphatic rings. The lowest BCUT2D eigenvalue weighted by atomic mass is 10.1. The molecule has 4 rings (SSSR count). The minimum absolute atomic E-state index is 0.0190. The molecule has 154 valence electrons. The molecule has 0 spiro atoms. The number of hydrogen-bond donors (Lipinski definition) is 0. The van der Waals surface area contributed by atoms with Crippen LogP contribution in [0.15, 0.2) is 77.4 Å². The quantitative estimate of drug-likeness (QED) is 0.550. The molecule has 1 aliphatic heterocycles. The van der Waals surface area contributed by atoms with Crippen molar-refractivity contribution in [1.82, 2.24) is 9.88 Å². The summed E-state index contributed by atoms with van der Waals surface area (Å²) in [6.45, 7) is 4.67. The number of amides is 1. The van der Waals surface area contributed by atoms with E-state index in [-0.39, 0.29) is 5.91 Å². The average molecular weight is 466 g/mol. The van der Waals surface area contributed by atoms with Crippen LogP contribution in [0.2, 0.25) is 0 Å². The van der Waals surface area contributed by atoms with E-state index in [0.29, 0.717) is 18.8 Å². The summed E-state index contributed by atoms with van der Waals surface area (Å²) >= 11 is 3.41. The van der Waals surface area contributed by atoms with E-state index in [1.165, 1.54) is 0 Å². The Morgan fingerprint density at radius 2 is 1.60 bits per heavy atom. The van der Waals surface area contributed by atoms with Gasteiger partial charge in [-0.1, -0.05) is 42.5 Å². The predicted octanol–water partition coefficient (Wildman–Crippen LogP) is 4.63. The topological polar surface area (TPSA) is 45.7 Å². The highest BCUT2D eigenvalue weighted by Crippen LogP contribution is 2.23. The Balaban J connectivity index is 1.31. The summed E-state index contributed by atoms with van der Waals surface area (Å²) < 4.78 is 6.88. The summed E-state index contributed by atoms with van der Waals surface area (Å²) in [7, 11) is 0. The van der Waals surface area contributed by atoms with Crippen LogP contribution in [0.1, 0.15) is 6.92 Å². The smallest absolute Gasteiger partial charge is 0.263 e. The van der Waals surface area contributed by atoms with E-state index in [4.69, 9.17) is 4.74 Å². The second-order valence-electron chi connectivity index (χ2n) is 7.30. The molecule has 0 saturated carbocycles. The van der Waals surface area contributed by atoms with Crippen LogP contribution in [0, 0.1) is 0 Å². The minimum Gasteiger partial charge on any atom is -0.481 e. The number of anilines is 1. The third kappa shape index (κ3) is 4.82. The van der Waals surface area contributed by atoms with Gasteiger partial charge in [-0.15, -0.1) is 0 Å². The van der Waals surface area contributed by atoms with Crippen molar-refractivity contribution < 1.29 is 9.53 Å². The molecular weight excluding hydrogens is 442 g/mol. The molecule has 0 bridgehead atoms. The summed E-state index contributed by atoms with van der Waals surface area (Å²) in [6, 6.07) is 22.1. The van der Waals surface area contributed by atoms with Gasteiger partial charge >= 0.3 is 0 Å². The Morgan fingerprint density at radius 1 is 0.933 bits per heavy atom. The van der Waals surface area contributed by atoms with E-state index in [2.05, 4.69) is 37.9 Å². The van der Waals surface area contributed by atoms with Crippen molar-refractivity contribution in [3.05, 3.63) is 77.4 Å². The van der Waals surface area contributed by atoms with Crippen LogP contribution in [0.5, 0.6) is 5.75 Å². The van der Waals surface area contributed by atoms with Gasteiger partial charge in [-0.05, 0) is 58.2 Å². The van der Waals surface area contributed by atoms with Crippen LogP contribution in [-0.2, 0) is 4.79 Å². The van der Waals surface area contributed by atoms with Crippen LogP contribution < -0.4 is 9.64 Å². The fraction of sp³-hybridized carbons (Fsp3) is 0.250. The first-order chi connectivity index (χ1) is 14.6. The van der Waals surface area contributed by atoms with Crippen LogP contribution >= 0.6 is 15.9 Å². The summed E-state index contributed by atoms with van der Waals surface area (Å²) in [5, 5.41) is 0. The molecule has 1 unspecified atom stereocenters. The van der Waals surface area contributed by atoms with Crippen molar-refractivity contribution in [3.8, 4) is 16.9 Å². The molecule has 1 fully saturated rings. The molecule has 6 heteroatoms.